The van der Waals surface area contributed by atoms with E-state index < -0.39 is 53.4 Å². The molecular formula is C35H40ClN3O7. The number of amides is 3. The van der Waals surface area contributed by atoms with Gasteiger partial charge in [0.2, 0.25) is 11.8 Å². The van der Waals surface area contributed by atoms with Crippen LogP contribution in [0.3, 0.4) is 0 Å². The van der Waals surface area contributed by atoms with Crippen molar-refractivity contribution in [3.05, 3.63) is 90.5 Å². The van der Waals surface area contributed by atoms with Gasteiger partial charge in [0.15, 0.2) is 0 Å². The number of likely N-dealkylation sites (tertiary alicyclic amines) is 1. The number of carbonyl (C=O) groups excluding carboxylic acids is 4. The number of aliphatic hydroxyl groups excluding tert-OH is 1. The molecule has 3 aliphatic heterocycles. The molecule has 0 unspecified atom stereocenters. The Morgan fingerprint density at radius 3 is 2.59 bits per heavy atom. The molecule has 11 heteroatoms. The Morgan fingerprint density at radius 2 is 1.89 bits per heavy atom. The van der Waals surface area contributed by atoms with Crippen molar-refractivity contribution in [1.29, 1.82) is 0 Å². The predicted molar refractivity (Wildman–Crippen MR) is 173 cm³/mol. The zero-order valence-corrected chi connectivity index (χ0v) is 26.4. The third-order valence-electron chi connectivity index (χ3n) is 9.10. The highest BCUT2D eigenvalue weighted by molar-refractivity contribution is 6.34. The van der Waals surface area contributed by atoms with E-state index >= 15 is 0 Å². The zero-order valence-electron chi connectivity index (χ0n) is 25.7. The summed E-state index contributed by atoms with van der Waals surface area (Å²) in [4.78, 5) is 58.2. The van der Waals surface area contributed by atoms with E-state index in [1.807, 2.05) is 30.3 Å². The summed E-state index contributed by atoms with van der Waals surface area (Å²) in [7, 11) is 0. The topological polar surface area (TPSA) is 125 Å². The second-order valence-corrected chi connectivity index (χ2v) is 12.2. The van der Waals surface area contributed by atoms with Gasteiger partial charge < -0.3 is 29.7 Å². The summed E-state index contributed by atoms with van der Waals surface area (Å²) in [5.41, 5.74) is -0.0314. The number of fused-ring (bicyclic) bond motifs is 1. The van der Waals surface area contributed by atoms with Gasteiger partial charge in [-0.3, -0.25) is 19.2 Å². The number of esters is 1. The second kappa shape index (κ2) is 14.6. The molecule has 46 heavy (non-hydrogen) atoms. The summed E-state index contributed by atoms with van der Waals surface area (Å²) in [6.07, 6.45) is 4.44. The van der Waals surface area contributed by atoms with E-state index in [1.54, 1.807) is 36.4 Å². The zero-order chi connectivity index (χ0) is 32.8. The van der Waals surface area contributed by atoms with Crippen LogP contribution >= 0.6 is 11.6 Å². The van der Waals surface area contributed by atoms with Crippen molar-refractivity contribution in [3.63, 3.8) is 0 Å². The summed E-state index contributed by atoms with van der Waals surface area (Å²) < 4.78 is 12.1. The maximum atomic E-state index is 14.5. The number of anilines is 1. The molecule has 3 amide bonds. The standard InChI is InChI=1S/C35H40ClN3O7/c1-3-5-16-28(41)45-22-25(23-12-7-6-8-13-23)37-32(42)29-27-17-18-35(46-27)30(29)33(43)39(20-11-21-40)31(35)34(44)38(19-4-2)26-15-10-9-14-24(26)36/h3-4,6-10,12-15,25,27,29-31,40H,1-2,5,11,16-22H2,(H,37,42)/t25-,27-,29+,30+,31-,35+/m1/s1. The highest BCUT2D eigenvalue weighted by atomic mass is 35.5. The molecule has 3 heterocycles. The number of nitrogens with one attached hydrogen (secondary N) is 1. The van der Waals surface area contributed by atoms with Crippen LogP contribution in [0.5, 0.6) is 0 Å². The first kappa shape index (κ1) is 33.4. The van der Waals surface area contributed by atoms with E-state index in [-0.39, 0.29) is 45.1 Å². The number of rotatable bonds is 15. The molecule has 2 aromatic carbocycles. The second-order valence-electron chi connectivity index (χ2n) is 11.8. The fourth-order valence-electron chi connectivity index (χ4n) is 7.11. The molecule has 2 N–H and O–H groups in total. The van der Waals surface area contributed by atoms with Gasteiger partial charge >= 0.3 is 5.97 Å². The van der Waals surface area contributed by atoms with Crippen molar-refractivity contribution in [1.82, 2.24) is 10.2 Å². The number of carbonyl (C=O) groups is 4. The number of allylic oxidation sites excluding steroid dienone is 1. The Hall–Kier alpha value is -3.99. The van der Waals surface area contributed by atoms with Crippen molar-refractivity contribution >= 4 is 41.0 Å². The smallest absolute Gasteiger partial charge is 0.306 e. The van der Waals surface area contributed by atoms with Crippen molar-refractivity contribution in [3.8, 4) is 0 Å². The number of ether oxygens (including phenoxy) is 2. The number of para-hydroxylation sites is 1. The molecule has 3 saturated heterocycles. The van der Waals surface area contributed by atoms with Crippen LogP contribution in [-0.4, -0.2) is 77.7 Å². The van der Waals surface area contributed by atoms with Crippen LogP contribution in [0.1, 0.15) is 43.7 Å². The largest absolute Gasteiger partial charge is 0.463 e. The van der Waals surface area contributed by atoms with Crippen LogP contribution in [0.25, 0.3) is 0 Å². The lowest BCUT2D eigenvalue weighted by molar-refractivity contribution is -0.146. The van der Waals surface area contributed by atoms with E-state index in [1.165, 1.54) is 9.80 Å². The van der Waals surface area contributed by atoms with E-state index in [4.69, 9.17) is 21.1 Å². The summed E-state index contributed by atoms with van der Waals surface area (Å²) in [6, 6.07) is 14.4. The minimum absolute atomic E-state index is 0.0915. The fourth-order valence-corrected chi connectivity index (χ4v) is 7.35. The molecule has 2 bridgehead atoms. The normalized spacial score (nSPS) is 25.1. The Labute approximate surface area is 274 Å². The van der Waals surface area contributed by atoms with Crippen molar-refractivity contribution < 1.29 is 33.8 Å². The van der Waals surface area contributed by atoms with Crippen molar-refractivity contribution in [2.45, 2.75) is 55.9 Å². The molecule has 6 atom stereocenters. The summed E-state index contributed by atoms with van der Waals surface area (Å²) >= 11 is 6.51. The molecule has 244 valence electrons. The molecule has 5 rings (SSSR count). The van der Waals surface area contributed by atoms with Crippen LogP contribution in [0.15, 0.2) is 79.9 Å². The lowest BCUT2D eigenvalue weighted by atomic mass is 9.70. The van der Waals surface area contributed by atoms with Crippen LogP contribution in [-0.2, 0) is 28.7 Å². The van der Waals surface area contributed by atoms with Gasteiger partial charge in [-0.15, -0.1) is 13.2 Å². The maximum Gasteiger partial charge on any atom is 0.306 e. The maximum absolute atomic E-state index is 14.5. The molecule has 3 aliphatic rings. The van der Waals surface area contributed by atoms with Gasteiger partial charge in [0.25, 0.3) is 5.91 Å². The first-order chi connectivity index (χ1) is 22.3. The van der Waals surface area contributed by atoms with Gasteiger partial charge in [0, 0.05) is 26.1 Å². The minimum atomic E-state index is -1.24. The Kier molecular flexibility index (Phi) is 10.6. The molecular weight excluding hydrogens is 610 g/mol. The van der Waals surface area contributed by atoms with Gasteiger partial charge in [-0.25, -0.2) is 0 Å². The van der Waals surface area contributed by atoms with Gasteiger partial charge in [0.05, 0.1) is 34.7 Å². The number of hydrogen-bond donors (Lipinski definition) is 2. The van der Waals surface area contributed by atoms with Gasteiger partial charge in [-0.05, 0) is 43.4 Å². The third-order valence-corrected chi connectivity index (χ3v) is 9.42. The number of nitrogens with zero attached hydrogens (tertiary/aromatic N) is 2. The molecule has 3 fully saturated rings. The monoisotopic (exact) mass is 649 g/mol. The highest BCUT2D eigenvalue weighted by Crippen LogP contribution is 2.58. The average molecular weight is 650 g/mol. The number of halogens is 1. The van der Waals surface area contributed by atoms with E-state index in [9.17, 15) is 24.3 Å². The molecule has 0 radical (unpaired) electrons. The molecule has 10 nitrogen and oxygen atoms in total. The number of hydrogen-bond acceptors (Lipinski definition) is 7. The Balaban J connectivity index is 1.45. The van der Waals surface area contributed by atoms with E-state index in [2.05, 4.69) is 18.5 Å². The van der Waals surface area contributed by atoms with E-state index in [0.717, 1.165) is 5.56 Å². The van der Waals surface area contributed by atoms with Crippen molar-refractivity contribution in [2.75, 3.05) is 31.2 Å². The van der Waals surface area contributed by atoms with Crippen LogP contribution < -0.4 is 10.2 Å². The fraction of sp³-hybridized carbons (Fsp3) is 0.429. The molecule has 0 saturated carbocycles. The predicted octanol–water partition coefficient (Wildman–Crippen LogP) is 3.98. The van der Waals surface area contributed by atoms with Crippen LogP contribution in [0.4, 0.5) is 5.69 Å². The Morgan fingerprint density at radius 1 is 1.15 bits per heavy atom. The Bertz CT molecular complexity index is 1470. The lowest BCUT2D eigenvalue weighted by Crippen LogP contribution is -2.56. The summed E-state index contributed by atoms with van der Waals surface area (Å²) in [6.45, 7) is 7.43. The third kappa shape index (κ3) is 6.34. The quantitative estimate of drug-likeness (QED) is 0.221. The van der Waals surface area contributed by atoms with Gasteiger partial charge in [0.1, 0.15) is 18.2 Å². The first-order valence-electron chi connectivity index (χ1n) is 15.6. The van der Waals surface area contributed by atoms with Crippen LogP contribution in [0.2, 0.25) is 5.02 Å². The first-order valence-corrected chi connectivity index (χ1v) is 16.0. The molecule has 1 spiro atoms. The lowest BCUT2D eigenvalue weighted by Gasteiger charge is -2.37. The molecule has 0 aromatic heterocycles. The molecule has 2 aromatic rings. The number of aliphatic hydroxyl groups is 1. The number of benzene rings is 2. The van der Waals surface area contributed by atoms with Gasteiger partial charge in [-0.1, -0.05) is 66.2 Å². The molecule has 0 aliphatic carbocycles. The minimum Gasteiger partial charge on any atom is -0.463 e. The van der Waals surface area contributed by atoms with Crippen LogP contribution in [0, 0.1) is 11.8 Å². The van der Waals surface area contributed by atoms with Gasteiger partial charge in [-0.2, -0.15) is 0 Å². The highest BCUT2D eigenvalue weighted by Gasteiger charge is 2.74. The summed E-state index contributed by atoms with van der Waals surface area (Å²) in [5.74, 6) is -3.36. The van der Waals surface area contributed by atoms with Crippen molar-refractivity contribution in [2.24, 2.45) is 11.8 Å². The summed E-state index contributed by atoms with van der Waals surface area (Å²) in [5, 5.41) is 13.1. The average Bonchev–Trinajstić information content (AvgIpc) is 3.71. The van der Waals surface area contributed by atoms with E-state index in [0.29, 0.717) is 30.0 Å². The SMILES string of the molecule is C=CCCC(=O)OC[C@@H](NC(=O)[C@@H]1[C@H]2C(=O)N(CCCO)[C@H](C(=O)N(CC=C)c3ccccc3Cl)[C@]23CC[C@H]1O3)c1ccccc1.